The summed E-state index contributed by atoms with van der Waals surface area (Å²) in [5, 5.41) is 3.58. The molecule has 0 unspecified atom stereocenters. The van der Waals surface area contributed by atoms with Crippen LogP contribution in [-0.4, -0.2) is 25.0 Å². The van der Waals surface area contributed by atoms with E-state index in [9.17, 15) is 9.59 Å². The molecule has 0 radical (unpaired) electrons. The number of carbonyl (C=O) groups excluding carboxylic acids is 1. The van der Waals surface area contributed by atoms with Crippen molar-refractivity contribution in [3.63, 3.8) is 0 Å². The van der Waals surface area contributed by atoms with Crippen LogP contribution in [0, 0.1) is 0 Å². The molecule has 0 saturated carbocycles. The SMILES string of the molecule is Cn1cc(-c2ccc(NC(=O)c3ccc(CN)n(-c4ccccc4)c3=O)cc2)c2c(N)ncnc21. The molecule has 9 heteroatoms. The van der Waals surface area contributed by atoms with Gasteiger partial charge in [0.15, 0.2) is 0 Å². The van der Waals surface area contributed by atoms with E-state index in [1.807, 2.05) is 48.1 Å². The van der Waals surface area contributed by atoms with Crippen molar-refractivity contribution < 1.29 is 4.79 Å². The van der Waals surface area contributed by atoms with E-state index in [-0.39, 0.29) is 12.1 Å². The zero-order valence-electron chi connectivity index (χ0n) is 19.0. The molecule has 2 aromatic carbocycles. The van der Waals surface area contributed by atoms with Crippen molar-refractivity contribution in [1.82, 2.24) is 19.1 Å². The first kappa shape index (κ1) is 22.1. The number of nitrogens with zero attached hydrogens (tertiary/aromatic N) is 4. The normalized spacial score (nSPS) is 11.0. The Hall–Kier alpha value is -4.76. The number of para-hydroxylation sites is 1. The predicted molar refractivity (Wildman–Crippen MR) is 136 cm³/mol. The molecular weight excluding hydrogens is 442 g/mol. The molecule has 9 nitrogen and oxygen atoms in total. The topological polar surface area (TPSA) is 134 Å². The molecule has 3 heterocycles. The number of nitrogens with two attached hydrogens (primary N) is 2. The first-order valence-electron chi connectivity index (χ1n) is 11.0. The van der Waals surface area contributed by atoms with Crippen LogP contribution in [0.4, 0.5) is 11.5 Å². The van der Waals surface area contributed by atoms with Gasteiger partial charge in [0.25, 0.3) is 11.5 Å². The van der Waals surface area contributed by atoms with Gasteiger partial charge in [-0.1, -0.05) is 30.3 Å². The Bertz CT molecular complexity index is 1600. The van der Waals surface area contributed by atoms with Crippen LogP contribution in [0.3, 0.4) is 0 Å². The second-order valence-electron chi connectivity index (χ2n) is 8.06. The van der Waals surface area contributed by atoms with Crippen molar-refractivity contribution in [2.75, 3.05) is 11.1 Å². The molecular formula is C26H23N7O2. The van der Waals surface area contributed by atoms with Gasteiger partial charge < -0.3 is 21.4 Å². The van der Waals surface area contributed by atoms with E-state index in [0.717, 1.165) is 22.2 Å². The van der Waals surface area contributed by atoms with E-state index < -0.39 is 11.5 Å². The number of anilines is 2. The highest BCUT2D eigenvalue weighted by atomic mass is 16.2. The summed E-state index contributed by atoms with van der Waals surface area (Å²) in [4.78, 5) is 34.6. The Morgan fingerprint density at radius 1 is 1.00 bits per heavy atom. The minimum Gasteiger partial charge on any atom is -0.383 e. The number of pyridine rings is 1. The van der Waals surface area contributed by atoms with Gasteiger partial charge in [0.2, 0.25) is 0 Å². The molecule has 0 aliphatic carbocycles. The van der Waals surface area contributed by atoms with Crippen LogP contribution in [0.1, 0.15) is 16.1 Å². The lowest BCUT2D eigenvalue weighted by Crippen LogP contribution is -2.30. The van der Waals surface area contributed by atoms with E-state index >= 15 is 0 Å². The molecule has 0 aliphatic rings. The monoisotopic (exact) mass is 465 g/mol. The van der Waals surface area contributed by atoms with Crippen LogP contribution in [0.15, 0.2) is 84.0 Å². The quantitative estimate of drug-likeness (QED) is 0.365. The van der Waals surface area contributed by atoms with Gasteiger partial charge in [-0.15, -0.1) is 0 Å². The number of aryl methyl sites for hydroxylation is 1. The number of nitrogens with one attached hydrogen (secondary N) is 1. The highest BCUT2D eigenvalue weighted by Gasteiger charge is 2.17. The van der Waals surface area contributed by atoms with E-state index in [1.165, 1.54) is 17.0 Å². The Kier molecular flexibility index (Phi) is 5.60. The van der Waals surface area contributed by atoms with Crippen molar-refractivity contribution >= 4 is 28.4 Å². The summed E-state index contributed by atoms with van der Waals surface area (Å²) in [6.07, 6.45) is 3.38. The lowest BCUT2D eigenvalue weighted by molar-refractivity contribution is 0.102. The van der Waals surface area contributed by atoms with E-state index in [4.69, 9.17) is 11.5 Å². The molecule has 0 atom stereocenters. The van der Waals surface area contributed by atoms with Gasteiger partial charge in [0, 0.05) is 42.4 Å². The first-order valence-corrected chi connectivity index (χ1v) is 11.0. The van der Waals surface area contributed by atoms with E-state index in [2.05, 4.69) is 15.3 Å². The summed E-state index contributed by atoms with van der Waals surface area (Å²) in [7, 11) is 1.89. The number of fused-ring (bicyclic) bond motifs is 1. The predicted octanol–water partition coefficient (Wildman–Crippen LogP) is 3.08. The number of amides is 1. The number of rotatable bonds is 5. The van der Waals surface area contributed by atoms with Crippen LogP contribution in [0.25, 0.3) is 27.8 Å². The van der Waals surface area contributed by atoms with Gasteiger partial charge in [-0.2, -0.15) is 0 Å². The van der Waals surface area contributed by atoms with Crippen molar-refractivity contribution in [3.8, 4) is 16.8 Å². The molecule has 5 aromatic rings. The summed E-state index contributed by atoms with van der Waals surface area (Å²) in [6, 6.07) is 19.6. The molecule has 1 amide bonds. The minimum atomic E-state index is -0.501. The minimum absolute atomic E-state index is 0.0223. The zero-order chi connectivity index (χ0) is 24.5. The highest BCUT2D eigenvalue weighted by Crippen LogP contribution is 2.32. The molecule has 0 bridgehead atoms. The summed E-state index contributed by atoms with van der Waals surface area (Å²) in [5.41, 5.74) is 15.9. The second kappa shape index (κ2) is 8.88. The number of hydrogen-bond donors (Lipinski definition) is 3. The van der Waals surface area contributed by atoms with Gasteiger partial charge in [0.1, 0.15) is 23.4 Å². The van der Waals surface area contributed by atoms with Gasteiger partial charge in [-0.25, -0.2) is 9.97 Å². The lowest BCUT2D eigenvalue weighted by atomic mass is 10.1. The van der Waals surface area contributed by atoms with Crippen LogP contribution in [0.2, 0.25) is 0 Å². The van der Waals surface area contributed by atoms with Gasteiger partial charge in [-0.3, -0.25) is 14.2 Å². The number of aromatic nitrogens is 4. The molecule has 174 valence electrons. The molecule has 3 aromatic heterocycles. The van der Waals surface area contributed by atoms with Crippen molar-refractivity contribution in [2.24, 2.45) is 12.8 Å². The largest absolute Gasteiger partial charge is 0.383 e. The van der Waals surface area contributed by atoms with E-state index in [0.29, 0.717) is 22.9 Å². The number of nitrogen functional groups attached to an aromatic ring is 1. The average molecular weight is 466 g/mol. The standard InChI is InChI=1S/C26H23N7O2/c1-32-14-21(22-23(28)29-15-30-24(22)32)16-7-9-17(10-8-16)31-25(34)20-12-11-19(13-27)33(26(20)35)18-5-3-2-4-6-18/h2-12,14-15H,13,27H2,1H3,(H,31,34)(H2,28,29,30). The van der Waals surface area contributed by atoms with Crippen molar-refractivity contribution in [1.29, 1.82) is 0 Å². The summed E-state index contributed by atoms with van der Waals surface area (Å²) in [6.45, 7) is 0.164. The van der Waals surface area contributed by atoms with Crippen molar-refractivity contribution in [3.05, 3.63) is 101 Å². The molecule has 5 rings (SSSR count). The zero-order valence-corrected chi connectivity index (χ0v) is 19.0. The van der Waals surface area contributed by atoms with Gasteiger partial charge >= 0.3 is 0 Å². The fourth-order valence-corrected chi connectivity index (χ4v) is 4.15. The smallest absolute Gasteiger partial charge is 0.268 e. The van der Waals surface area contributed by atoms with Crippen LogP contribution >= 0.6 is 0 Å². The fraction of sp³-hybridized carbons (Fsp3) is 0.0769. The summed E-state index contributed by atoms with van der Waals surface area (Å²) < 4.78 is 3.35. The lowest BCUT2D eigenvalue weighted by Gasteiger charge is -2.14. The Labute approximate surface area is 200 Å². The number of carbonyl (C=O) groups is 1. The number of hydrogen-bond acceptors (Lipinski definition) is 6. The number of benzene rings is 2. The molecule has 35 heavy (non-hydrogen) atoms. The maximum atomic E-state index is 13.2. The highest BCUT2D eigenvalue weighted by molar-refractivity contribution is 6.04. The van der Waals surface area contributed by atoms with Crippen LogP contribution in [-0.2, 0) is 13.6 Å². The maximum absolute atomic E-state index is 13.2. The summed E-state index contributed by atoms with van der Waals surface area (Å²) >= 11 is 0. The Balaban J connectivity index is 1.45. The molecule has 0 fully saturated rings. The maximum Gasteiger partial charge on any atom is 0.268 e. The van der Waals surface area contributed by atoms with Crippen molar-refractivity contribution in [2.45, 2.75) is 6.54 Å². The summed E-state index contributed by atoms with van der Waals surface area (Å²) in [5.74, 6) is -0.0996. The third-order valence-electron chi connectivity index (χ3n) is 5.87. The van der Waals surface area contributed by atoms with E-state index in [1.54, 1.807) is 30.3 Å². The Morgan fingerprint density at radius 2 is 1.74 bits per heavy atom. The second-order valence-corrected chi connectivity index (χ2v) is 8.06. The third-order valence-corrected chi connectivity index (χ3v) is 5.87. The fourth-order valence-electron chi connectivity index (χ4n) is 4.15. The first-order chi connectivity index (χ1) is 17.0. The van der Waals surface area contributed by atoms with Gasteiger partial charge in [0.05, 0.1) is 5.39 Å². The Morgan fingerprint density at radius 3 is 2.46 bits per heavy atom. The van der Waals surface area contributed by atoms with Crippen LogP contribution in [0.5, 0.6) is 0 Å². The third kappa shape index (κ3) is 3.94. The van der Waals surface area contributed by atoms with Crippen LogP contribution < -0.4 is 22.3 Å². The molecule has 0 aliphatic heterocycles. The van der Waals surface area contributed by atoms with Gasteiger partial charge in [-0.05, 0) is 42.0 Å². The molecule has 0 saturated heterocycles. The molecule has 5 N–H and O–H groups in total. The molecule has 0 spiro atoms. The average Bonchev–Trinajstić information content (AvgIpc) is 3.22.